The monoisotopic (exact) mass is 454 g/mol. The summed E-state index contributed by atoms with van der Waals surface area (Å²) in [5.74, 6) is 0.839. The van der Waals surface area contributed by atoms with Crippen molar-refractivity contribution in [3.63, 3.8) is 0 Å². The summed E-state index contributed by atoms with van der Waals surface area (Å²) in [4.78, 5) is 41.9. The first-order valence-corrected chi connectivity index (χ1v) is 11.8. The molecule has 6 rings (SSSR count). The summed E-state index contributed by atoms with van der Waals surface area (Å²) in [7, 11) is 0. The molecule has 1 fully saturated rings. The Morgan fingerprint density at radius 1 is 1.06 bits per heavy atom. The highest BCUT2D eigenvalue weighted by atomic mass is 16.2. The van der Waals surface area contributed by atoms with Gasteiger partial charge in [-0.3, -0.25) is 14.3 Å². The largest absolute Gasteiger partial charge is 0.356 e. The molecule has 1 saturated heterocycles. The van der Waals surface area contributed by atoms with Crippen molar-refractivity contribution in [1.82, 2.24) is 19.5 Å². The Morgan fingerprint density at radius 2 is 1.88 bits per heavy atom. The molecule has 8 heteroatoms. The fourth-order valence-corrected chi connectivity index (χ4v) is 5.28. The fraction of sp³-hybridized carbons (Fsp3) is 0.308. The lowest BCUT2D eigenvalue weighted by molar-refractivity contribution is 0.0988. The molecule has 3 aromatic heterocycles. The zero-order valence-electron chi connectivity index (χ0n) is 19.1. The summed E-state index contributed by atoms with van der Waals surface area (Å²) in [5.41, 5.74) is 5.16. The first-order chi connectivity index (χ1) is 16.6. The first kappa shape index (κ1) is 20.7. The Morgan fingerprint density at radius 3 is 2.74 bits per heavy atom. The SMILES string of the molecule is Cc1cnc(N2CCC(n3c(=O)[nH]c4ncccc43)CC2)cc1C(=O)N1CCc2ccccc21. The van der Waals surface area contributed by atoms with Crippen LogP contribution in [0.3, 0.4) is 0 Å². The van der Waals surface area contributed by atoms with Crippen LogP contribution in [-0.2, 0) is 6.42 Å². The number of H-pyrrole nitrogens is 1. The second-order valence-corrected chi connectivity index (χ2v) is 9.08. The summed E-state index contributed by atoms with van der Waals surface area (Å²) in [6.45, 7) is 4.17. The van der Waals surface area contributed by atoms with Crippen molar-refractivity contribution < 1.29 is 4.79 Å². The van der Waals surface area contributed by atoms with E-state index in [1.165, 1.54) is 5.56 Å². The van der Waals surface area contributed by atoms with E-state index in [1.807, 2.05) is 52.8 Å². The normalized spacial score (nSPS) is 16.3. The minimum Gasteiger partial charge on any atom is -0.356 e. The Bertz CT molecular complexity index is 1450. The van der Waals surface area contributed by atoms with Gasteiger partial charge in [-0.2, -0.15) is 0 Å². The first-order valence-electron chi connectivity index (χ1n) is 11.8. The number of nitrogens with one attached hydrogen (secondary N) is 1. The van der Waals surface area contributed by atoms with Crippen LogP contribution in [0.4, 0.5) is 11.5 Å². The van der Waals surface area contributed by atoms with E-state index in [9.17, 15) is 9.59 Å². The van der Waals surface area contributed by atoms with E-state index < -0.39 is 0 Å². The molecule has 0 unspecified atom stereocenters. The molecule has 0 bridgehead atoms. The van der Waals surface area contributed by atoms with Crippen molar-refractivity contribution in [2.75, 3.05) is 29.4 Å². The highest BCUT2D eigenvalue weighted by Gasteiger charge is 2.28. The van der Waals surface area contributed by atoms with Crippen LogP contribution in [0.15, 0.2) is 59.7 Å². The van der Waals surface area contributed by atoms with E-state index in [2.05, 4.69) is 25.9 Å². The smallest absolute Gasteiger partial charge is 0.327 e. The number of nitrogens with zero attached hydrogens (tertiary/aromatic N) is 5. The summed E-state index contributed by atoms with van der Waals surface area (Å²) >= 11 is 0. The number of carbonyl (C=O) groups is 1. The van der Waals surface area contributed by atoms with Gasteiger partial charge in [-0.25, -0.2) is 14.8 Å². The molecule has 5 heterocycles. The van der Waals surface area contributed by atoms with Crippen LogP contribution in [0.1, 0.15) is 40.4 Å². The highest BCUT2D eigenvalue weighted by molar-refractivity contribution is 6.08. The summed E-state index contributed by atoms with van der Waals surface area (Å²) in [6, 6.07) is 13.9. The van der Waals surface area contributed by atoms with Crippen molar-refractivity contribution in [2.45, 2.75) is 32.2 Å². The van der Waals surface area contributed by atoms with E-state index in [1.54, 1.807) is 12.4 Å². The quantitative estimate of drug-likeness (QED) is 0.512. The standard InChI is InChI=1S/C26H26N6O2/c1-17-16-28-23(15-20(17)25(33)31-14-8-18-5-2-3-6-21(18)31)30-12-9-19(10-13-30)32-22-7-4-11-27-24(22)29-26(32)34/h2-7,11,15-16,19H,8-10,12-14H2,1H3,(H,27,29,34). The number of fused-ring (bicyclic) bond motifs is 2. The van der Waals surface area contributed by atoms with Crippen LogP contribution in [0.5, 0.6) is 0 Å². The number of anilines is 2. The summed E-state index contributed by atoms with van der Waals surface area (Å²) < 4.78 is 1.84. The number of piperidine rings is 1. The number of para-hydroxylation sites is 1. The molecule has 0 atom stereocenters. The molecule has 0 aliphatic carbocycles. The lowest BCUT2D eigenvalue weighted by Crippen LogP contribution is -2.37. The van der Waals surface area contributed by atoms with Gasteiger partial charge in [-0.05, 0) is 61.6 Å². The van der Waals surface area contributed by atoms with Gasteiger partial charge in [0.1, 0.15) is 5.82 Å². The van der Waals surface area contributed by atoms with E-state index in [0.29, 0.717) is 17.8 Å². The number of pyridine rings is 2. The average molecular weight is 455 g/mol. The van der Waals surface area contributed by atoms with Crippen LogP contribution >= 0.6 is 0 Å². The molecule has 172 valence electrons. The predicted octanol–water partition coefficient (Wildman–Crippen LogP) is 3.47. The molecule has 1 amide bonds. The second-order valence-electron chi connectivity index (χ2n) is 9.08. The van der Waals surface area contributed by atoms with Gasteiger partial charge in [0.25, 0.3) is 5.91 Å². The van der Waals surface area contributed by atoms with Crippen LogP contribution in [-0.4, -0.2) is 45.1 Å². The zero-order chi connectivity index (χ0) is 23.2. The van der Waals surface area contributed by atoms with Gasteiger partial charge in [-0.1, -0.05) is 18.2 Å². The van der Waals surface area contributed by atoms with Crippen LogP contribution in [0.2, 0.25) is 0 Å². The zero-order valence-corrected chi connectivity index (χ0v) is 19.1. The number of benzene rings is 1. The number of imidazole rings is 1. The van der Waals surface area contributed by atoms with Gasteiger partial charge in [0.05, 0.1) is 5.52 Å². The van der Waals surface area contributed by atoms with Gasteiger partial charge in [0, 0.05) is 49.3 Å². The van der Waals surface area contributed by atoms with Gasteiger partial charge in [0.2, 0.25) is 0 Å². The maximum absolute atomic E-state index is 13.5. The molecule has 0 saturated carbocycles. The molecule has 1 aromatic carbocycles. The number of carbonyl (C=O) groups excluding carboxylic acids is 1. The number of hydrogen-bond donors (Lipinski definition) is 1. The molecular formula is C26H26N6O2. The molecule has 0 radical (unpaired) electrons. The summed E-state index contributed by atoms with van der Waals surface area (Å²) in [6.07, 6.45) is 6.01. The van der Waals surface area contributed by atoms with Crippen LogP contribution in [0, 0.1) is 6.92 Å². The lowest BCUT2D eigenvalue weighted by atomic mass is 10.0. The second kappa shape index (κ2) is 8.13. The Kier molecular flexibility index (Phi) is 4.94. The van der Waals surface area contributed by atoms with Gasteiger partial charge in [0.15, 0.2) is 5.65 Å². The minimum atomic E-state index is -0.112. The summed E-state index contributed by atoms with van der Waals surface area (Å²) in [5, 5.41) is 0. The van der Waals surface area contributed by atoms with E-state index in [-0.39, 0.29) is 17.6 Å². The van der Waals surface area contributed by atoms with Gasteiger partial charge >= 0.3 is 5.69 Å². The number of rotatable bonds is 3. The van der Waals surface area contributed by atoms with E-state index >= 15 is 0 Å². The maximum Gasteiger partial charge on any atom is 0.327 e. The molecule has 4 aromatic rings. The topological polar surface area (TPSA) is 87.1 Å². The van der Waals surface area contributed by atoms with Crippen LogP contribution < -0.4 is 15.5 Å². The van der Waals surface area contributed by atoms with Crippen molar-refractivity contribution in [3.05, 3.63) is 82.0 Å². The molecule has 2 aliphatic heterocycles. The van der Waals surface area contributed by atoms with Crippen LogP contribution in [0.25, 0.3) is 11.2 Å². The molecule has 34 heavy (non-hydrogen) atoms. The molecule has 1 N–H and O–H groups in total. The Balaban J connectivity index is 1.22. The lowest BCUT2D eigenvalue weighted by Gasteiger charge is -2.33. The van der Waals surface area contributed by atoms with Crippen molar-refractivity contribution >= 4 is 28.6 Å². The Labute approximate surface area is 196 Å². The maximum atomic E-state index is 13.5. The number of aromatic amines is 1. The molecule has 2 aliphatic rings. The third-order valence-corrected chi connectivity index (χ3v) is 7.10. The third-order valence-electron chi connectivity index (χ3n) is 7.10. The molecular weight excluding hydrogens is 428 g/mol. The number of hydrogen-bond acceptors (Lipinski definition) is 5. The van der Waals surface area contributed by atoms with Crippen molar-refractivity contribution in [2.24, 2.45) is 0 Å². The van der Waals surface area contributed by atoms with Gasteiger partial charge in [-0.15, -0.1) is 0 Å². The van der Waals surface area contributed by atoms with E-state index in [0.717, 1.165) is 54.9 Å². The minimum absolute atomic E-state index is 0.0267. The van der Waals surface area contributed by atoms with Gasteiger partial charge < -0.3 is 9.80 Å². The third kappa shape index (κ3) is 3.37. The van der Waals surface area contributed by atoms with E-state index in [4.69, 9.17) is 0 Å². The predicted molar refractivity (Wildman–Crippen MR) is 132 cm³/mol. The average Bonchev–Trinajstić information content (AvgIpc) is 3.44. The highest BCUT2D eigenvalue weighted by Crippen LogP contribution is 2.31. The Hall–Kier alpha value is -3.94. The number of aryl methyl sites for hydroxylation is 1. The number of aromatic nitrogens is 4. The molecule has 8 nitrogen and oxygen atoms in total. The van der Waals surface area contributed by atoms with Crippen molar-refractivity contribution in [3.8, 4) is 0 Å². The van der Waals surface area contributed by atoms with Crippen molar-refractivity contribution in [1.29, 1.82) is 0 Å². The number of amides is 1. The molecule has 0 spiro atoms. The fourth-order valence-electron chi connectivity index (χ4n) is 5.28.